The SMILES string of the molecule is COc1cc(C(=O)N2CCN(CS(C)(=O)=O)CC2(Cc2ccccc2)C(=O)O)ccc1C(C)(C)C. The molecule has 8 nitrogen and oxygen atoms in total. The zero-order valence-electron chi connectivity index (χ0n) is 20.9. The molecule has 1 saturated heterocycles. The van der Waals surface area contributed by atoms with Gasteiger partial charge in [-0.3, -0.25) is 9.69 Å². The van der Waals surface area contributed by atoms with Crippen LogP contribution in [0.1, 0.15) is 42.3 Å². The molecule has 0 bridgehead atoms. The largest absolute Gasteiger partial charge is 0.496 e. The van der Waals surface area contributed by atoms with Crippen molar-refractivity contribution in [1.29, 1.82) is 0 Å². The summed E-state index contributed by atoms with van der Waals surface area (Å²) in [5.41, 5.74) is 0.155. The molecule has 0 aliphatic carbocycles. The minimum atomic E-state index is -3.38. The van der Waals surface area contributed by atoms with Gasteiger partial charge in [-0.1, -0.05) is 57.2 Å². The summed E-state index contributed by atoms with van der Waals surface area (Å²) in [6.07, 6.45) is 1.17. The van der Waals surface area contributed by atoms with Crippen molar-refractivity contribution >= 4 is 21.7 Å². The van der Waals surface area contributed by atoms with Crippen LogP contribution in [0.2, 0.25) is 0 Å². The molecule has 0 aromatic heterocycles. The van der Waals surface area contributed by atoms with Gasteiger partial charge in [-0.25, -0.2) is 13.2 Å². The fourth-order valence-electron chi connectivity index (χ4n) is 4.67. The van der Waals surface area contributed by atoms with Gasteiger partial charge in [0.05, 0.1) is 7.11 Å². The normalized spacial score (nSPS) is 19.4. The van der Waals surface area contributed by atoms with Gasteiger partial charge >= 0.3 is 5.97 Å². The van der Waals surface area contributed by atoms with Crippen LogP contribution >= 0.6 is 0 Å². The highest BCUT2D eigenvalue weighted by molar-refractivity contribution is 7.90. The Kier molecular flexibility index (Phi) is 7.62. The number of methoxy groups -OCH3 is 1. The van der Waals surface area contributed by atoms with Crippen LogP contribution in [0.25, 0.3) is 0 Å². The maximum Gasteiger partial charge on any atom is 0.331 e. The summed E-state index contributed by atoms with van der Waals surface area (Å²) in [5.74, 6) is -1.32. The Bertz CT molecular complexity index is 1190. The summed E-state index contributed by atoms with van der Waals surface area (Å²) < 4.78 is 29.5. The van der Waals surface area contributed by atoms with Gasteiger partial charge in [0.25, 0.3) is 5.91 Å². The molecule has 1 heterocycles. The summed E-state index contributed by atoms with van der Waals surface area (Å²) in [5, 5.41) is 10.5. The Morgan fingerprint density at radius 3 is 2.29 bits per heavy atom. The minimum Gasteiger partial charge on any atom is -0.496 e. The Labute approximate surface area is 207 Å². The molecule has 1 fully saturated rings. The van der Waals surface area contributed by atoms with Gasteiger partial charge in [-0.2, -0.15) is 0 Å². The van der Waals surface area contributed by atoms with Crippen molar-refractivity contribution in [2.24, 2.45) is 0 Å². The number of aliphatic carboxylic acids is 1. The fourth-order valence-corrected chi connectivity index (χ4v) is 5.55. The zero-order valence-corrected chi connectivity index (χ0v) is 21.8. The number of carbonyl (C=O) groups is 2. The number of carbonyl (C=O) groups excluding carboxylic acids is 1. The van der Waals surface area contributed by atoms with E-state index in [1.54, 1.807) is 24.1 Å². The van der Waals surface area contributed by atoms with Crippen LogP contribution < -0.4 is 4.74 Å². The van der Waals surface area contributed by atoms with Crippen molar-refractivity contribution in [3.05, 3.63) is 65.2 Å². The zero-order chi connectivity index (χ0) is 26.0. The van der Waals surface area contributed by atoms with Gasteiger partial charge in [0, 0.05) is 37.9 Å². The van der Waals surface area contributed by atoms with E-state index in [9.17, 15) is 23.1 Å². The number of rotatable bonds is 7. The second kappa shape index (κ2) is 9.99. The van der Waals surface area contributed by atoms with Crippen LogP contribution in [0.3, 0.4) is 0 Å². The molecule has 1 aliphatic heterocycles. The third-order valence-electron chi connectivity index (χ3n) is 6.30. The number of hydrogen-bond donors (Lipinski definition) is 1. The summed E-state index contributed by atoms with van der Waals surface area (Å²) in [6.45, 7) is 6.36. The maximum absolute atomic E-state index is 13.8. The lowest BCUT2D eigenvalue weighted by Gasteiger charge is -2.48. The summed E-state index contributed by atoms with van der Waals surface area (Å²) >= 11 is 0. The average Bonchev–Trinajstić information content (AvgIpc) is 2.77. The molecule has 190 valence electrons. The van der Waals surface area contributed by atoms with Crippen LogP contribution in [0.4, 0.5) is 0 Å². The number of amides is 1. The quantitative estimate of drug-likeness (QED) is 0.621. The smallest absolute Gasteiger partial charge is 0.331 e. The number of sulfone groups is 1. The minimum absolute atomic E-state index is 0.0480. The highest BCUT2D eigenvalue weighted by atomic mass is 32.2. The van der Waals surface area contributed by atoms with Crippen LogP contribution in [0.15, 0.2) is 48.5 Å². The van der Waals surface area contributed by atoms with E-state index in [-0.39, 0.29) is 37.3 Å². The van der Waals surface area contributed by atoms with E-state index in [2.05, 4.69) is 0 Å². The van der Waals surface area contributed by atoms with Gasteiger partial charge in [0.15, 0.2) is 15.4 Å². The fraction of sp³-hybridized carbons (Fsp3) is 0.462. The lowest BCUT2D eigenvalue weighted by Crippen LogP contribution is -2.69. The number of benzene rings is 2. The number of nitrogens with zero attached hydrogens (tertiary/aromatic N) is 2. The molecular formula is C26H34N2O6S. The third-order valence-corrected chi connectivity index (χ3v) is 7.13. The Morgan fingerprint density at radius 1 is 1.09 bits per heavy atom. The van der Waals surface area contributed by atoms with E-state index >= 15 is 0 Å². The lowest BCUT2D eigenvalue weighted by atomic mass is 9.84. The van der Waals surface area contributed by atoms with Crippen molar-refractivity contribution in [3.63, 3.8) is 0 Å². The van der Waals surface area contributed by atoms with E-state index in [1.807, 2.05) is 57.2 Å². The van der Waals surface area contributed by atoms with Crippen molar-refractivity contribution in [1.82, 2.24) is 9.80 Å². The second-order valence-corrected chi connectivity index (χ2v) is 12.3. The van der Waals surface area contributed by atoms with Gasteiger partial charge in [-0.15, -0.1) is 0 Å². The molecule has 0 spiro atoms. The second-order valence-electron chi connectivity index (χ2n) is 10.2. The molecule has 1 N–H and O–H groups in total. The predicted molar refractivity (Wildman–Crippen MR) is 135 cm³/mol. The van der Waals surface area contributed by atoms with Crippen molar-refractivity contribution < 1.29 is 27.9 Å². The first-order valence-electron chi connectivity index (χ1n) is 11.4. The summed E-state index contributed by atoms with van der Waals surface area (Å²) in [6, 6.07) is 14.3. The maximum atomic E-state index is 13.8. The van der Waals surface area contributed by atoms with E-state index < -0.39 is 27.3 Å². The third kappa shape index (κ3) is 6.02. The number of carboxylic acid groups (broad SMARTS) is 1. The molecule has 1 amide bonds. The number of hydrogen-bond acceptors (Lipinski definition) is 6. The molecule has 1 atom stereocenters. The molecule has 2 aromatic rings. The van der Waals surface area contributed by atoms with E-state index in [0.29, 0.717) is 11.3 Å². The molecule has 35 heavy (non-hydrogen) atoms. The van der Waals surface area contributed by atoms with Crippen LogP contribution in [-0.4, -0.2) is 79.6 Å². The Morgan fingerprint density at radius 2 is 1.74 bits per heavy atom. The van der Waals surface area contributed by atoms with Crippen molar-refractivity contribution in [2.75, 3.05) is 38.9 Å². The predicted octanol–water partition coefficient (Wildman–Crippen LogP) is 2.82. The number of piperazine rings is 1. The molecule has 3 rings (SSSR count). The molecule has 9 heteroatoms. The number of carboxylic acids is 1. The molecule has 1 unspecified atom stereocenters. The lowest BCUT2D eigenvalue weighted by molar-refractivity contribution is -0.153. The van der Waals surface area contributed by atoms with Gasteiger partial charge in [0.2, 0.25) is 0 Å². The van der Waals surface area contributed by atoms with Crippen LogP contribution in [-0.2, 0) is 26.5 Å². The Hall–Kier alpha value is -2.91. The standard InChI is InChI=1S/C26H34N2O6S/c1-25(2,3)21-12-11-20(15-22(21)34-4)23(29)28-14-13-27(18-35(5,32)33)17-26(28,24(30)31)16-19-9-7-6-8-10-19/h6-12,15H,13-14,16-18H2,1-5H3,(H,30,31). The van der Waals surface area contributed by atoms with E-state index in [4.69, 9.17) is 4.74 Å². The van der Waals surface area contributed by atoms with Crippen molar-refractivity contribution in [3.8, 4) is 5.75 Å². The highest BCUT2D eigenvalue weighted by Crippen LogP contribution is 2.34. The monoisotopic (exact) mass is 502 g/mol. The molecule has 0 radical (unpaired) electrons. The molecule has 0 saturated carbocycles. The van der Waals surface area contributed by atoms with Gasteiger partial charge in [0.1, 0.15) is 11.6 Å². The average molecular weight is 503 g/mol. The van der Waals surface area contributed by atoms with Crippen LogP contribution in [0.5, 0.6) is 5.75 Å². The first-order chi connectivity index (χ1) is 16.3. The van der Waals surface area contributed by atoms with E-state index in [1.165, 1.54) is 4.90 Å². The number of ether oxygens (including phenoxy) is 1. The molecule has 1 aliphatic rings. The van der Waals surface area contributed by atoms with E-state index in [0.717, 1.165) is 17.4 Å². The van der Waals surface area contributed by atoms with Crippen molar-refractivity contribution in [2.45, 2.75) is 38.1 Å². The molecular weight excluding hydrogens is 468 g/mol. The summed E-state index contributed by atoms with van der Waals surface area (Å²) in [4.78, 5) is 29.6. The topological polar surface area (TPSA) is 104 Å². The van der Waals surface area contributed by atoms with Gasteiger partial charge in [-0.05, 0) is 28.7 Å². The van der Waals surface area contributed by atoms with Crippen LogP contribution in [0, 0.1) is 0 Å². The first kappa shape index (κ1) is 26.7. The van der Waals surface area contributed by atoms with Gasteiger partial charge < -0.3 is 14.7 Å². The Balaban J connectivity index is 2.07. The molecule has 2 aromatic carbocycles. The first-order valence-corrected chi connectivity index (χ1v) is 13.5. The highest BCUT2D eigenvalue weighted by Gasteiger charge is 2.51. The summed E-state index contributed by atoms with van der Waals surface area (Å²) in [7, 11) is -1.84.